The van der Waals surface area contributed by atoms with Crippen molar-refractivity contribution in [3.63, 3.8) is 0 Å². The van der Waals surface area contributed by atoms with Crippen molar-refractivity contribution in [3.8, 4) is 11.5 Å². The highest BCUT2D eigenvalue weighted by molar-refractivity contribution is 9.10. The summed E-state index contributed by atoms with van der Waals surface area (Å²) < 4.78 is 11.8. The van der Waals surface area contributed by atoms with Gasteiger partial charge in [-0.1, -0.05) is 12.1 Å². The summed E-state index contributed by atoms with van der Waals surface area (Å²) in [5.74, 6) is 1.93. The first-order valence-corrected chi connectivity index (χ1v) is 8.00. The molecule has 0 aliphatic heterocycles. The number of hydrogen-bond donors (Lipinski definition) is 2. The molecule has 0 heterocycles. The zero-order valence-corrected chi connectivity index (χ0v) is 14.7. The van der Waals surface area contributed by atoms with Crippen LogP contribution in [0.15, 0.2) is 58.0 Å². The quantitative estimate of drug-likeness (QED) is 0.595. The average Bonchev–Trinajstić information content (AvgIpc) is 2.56. The molecule has 23 heavy (non-hydrogen) atoms. The highest BCUT2D eigenvalue weighted by Crippen LogP contribution is 2.24. The van der Waals surface area contributed by atoms with E-state index in [1.54, 1.807) is 7.11 Å². The van der Waals surface area contributed by atoms with Crippen molar-refractivity contribution >= 4 is 27.6 Å². The van der Waals surface area contributed by atoms with Crippen LogP contribution in [0.4, 0.5) is 5.69 Å². The number of para-hydroxylation sites is 1. The van der Waals surface area contributed by atoms with E-state index in [2.05, 4.69) is 26.2 Å². The van der Waals surface area contributed by atoms with Crippen molar-refractivity contribution in [2.24, 2.45) is 10.7 Å². The zero-order chi connectivity index (χ0) is 16.7. The van der Waals surface area contributed by atoms with Gasteiger partial charge in [-0.3, -0.25) is 0 Å². The fraction of sp³-hybridized carbons (Fsp3) is 0.235. The summed E-state index contributed by atoms with van der Waals surface area (Å²) in [6.45, 7) is 2.40. The van der Waals surface area contributed by atoms with E-state index in [0.717, 1.165) is 21.7 Å². The molecule has 0 aromatic heterocycles. The van der Waals surface area contributed by atoms with E-state index >= 15 is 0 Å². The summed E-state index contributed by atoms with van der Waals surface area (Å²) in [6.07, 6.45) is -0.0927. The molecule has 0 spiro atoms. The van der Waals surface area contributed by atoms with E-state index in [4.69, 9.17) is 15.2 Å². The first kappa shape index (κ1) is 17.1. The zero-order valence-electron chi connectivity index (χ0n) is 13.1. The number of halogens is 1. The molecule has 0 saturated carbocycles. The minimum absolute atomic E-state index is 0.0927. The number of benzene rings is 2. The first-order valence-electron chi connectivity index (χ1n) is 7.20. The van der Waals surface area contributed by atoms with E-state index in [9.17, 15) is 0 Å². The molecule has 0 radical (unpaired) electrons. The van der Waals surface area contributed by atoms with E-state index < -0.39 is 0 Å². The summed E-state index contributed by atoms with van der Waals surface area (Å²) in [5.41, 5.74) is 6.74. The molecule has 122 valence electrons. The minimum atomic E-state index is -0.0927. The van der Waals surface area contributed by atoms with Crippen molar-refractivity contribution in [1.82, 2.24) is 0 Å². The normalized spacial score (nSPS) is 12.6. The Labute approximate surface area is 144 Å². The molecule has 0 amide bonds. The van der Waals surface area contributed by atoms with Gasteiger partial charge in [0.2, 0.25) is 0 Å². The topological polar surface area (TPSA) is 68.9 Å². The second-order valence-electron chi connectivity index (χ2n) is 4.94. The third kappa shape index (κ3) is 5.49. The molecule has 2 aromatic rings. The van der Waals surface area contributed by atoms with Crippen molar-refractivity contribution in [3.05, 3.63) is 53.0 Å². The lowest BCUT2D eigenvalue weighted by molar-refractivity contribution is 0.229. The largest absolute Gasteiger partial charge is 0.497 e. The Kier molecular flexibility index (Phi) is 6.29. The number of aliphatic imine (C=N–C) groups is 1. The molecule has 0 saturated heterocycles. The number of nitrogens with one attached hydrogen (secondary N) is 1. The van der Waals surface area contributed by atoms with Crippen molar-refractivity contribution in [2.45, 2.75) is 13.0 Å². The van der Waals surface area contributed by atoms with Crippen LogP contribution < -0.4 is 20.5 Å². The molecule has 0 fully saturated rings. The molecule has 6 heteroatoms. The number of ether oxygens (including phenoxy) is 2. The van der Waals surface area contributed by atoms with E-state index in [1.807, 2.05) is 55.5 Å². The maximum atomic E-state index is 5.89. The smallest absolute Gasteiger partial charge is 0.193 e. The molecular formula is C17H20BrN3O2. The average molecular weight is 378 g/mol. The number of methoxy groups -OCH3 is 1. The number of hydrogen-bond acceptors (Lipinski definition) is 3. The van der Waals surface area contributed by atoms with Crippen LogP contribution in [0.1, 0.15) is 6.92 Å². The van der Waals surface area contributed by atoms with Gasteiger partial charge < -0.3 is 20.5 Å². The van der Waals surface area contributed by atoms with Crippen LogP contribution in [0.5, 0.6) is 11.5 Å². The summed E-state index contributed by atoms with van der Waals surface area (Å²) in [7, 11) is 1.63. The predicted octanol–water partition coefficient (Wildman–Crippen LogP) is 3.65. The van der Waals surface area contributed by atoms with Gasteiger partial charge in [-0.25, -0.2) is 4.99 Å². The number of rotatable bonds is 6. The molecule has 2 aromatic carbocycles. The second-order valence-corrected chi connectivity index (χ2v) is 5.79. The maximum Gasteiger partial charge on any atom is 0.193 e. The molecule has 1 atom stereocenters. The maximum absolute atomic E-state index is 5.89. The van der Waals surface area contributed by atoms with Crippen molar-refractivity contribution in [1.29, 1.82) is 0 Å². The Bertz CT molecular complexity index is 659. The van der Waals surface area contributed by atoms with Gasteiger partial charge in [0.15, 0.2) is 5.96 Å². The fourth-order valence-corrected chi connectivity index (χ4v) is 2.26. The van der Waals surface area contributed by atoms with Crippen molar-refractivity contribution in [2.75, 3.05) is 19.0 Å². The predicted molar refractivity (Wildman–Crippen MR) is 97.3 cm³/mol. The molecule has 0 aliphatic rings. The highest BCUT2D eigenvalue weighted by atomic mass is 79.9. The lowest BCUT2D eigenvalue weighted by Gasteiger charge is -2.14. The Hall–Kier alpha value is -2.21. The van der Waals surface area contributed by atoms with Gasteiger partial charge in [-0.15, -0.1) is 0 Å². The van der Waals surface area contributed by atoms with Crippen LogP contribution in [0.25, 0.3) is 0 Å². The molecule has 0 bridgehead atoms. The van der Waals surface area contributed by atoms with E-state index in [0.29, 0.717) is 12.5 Å². The van der Waals surface area contributed by atoms with Crippen LogP contribution in [0.2, 0.25) is 0 Å². The van der Waals surface area contributed by atoms with Crippen LogP contribution in [-0.4, -0.2) is 25.7 Å². The molecule has 5 nitrogen and oxygen atoms in total. The third-order valence-corrected chi connectivity index (χ3v) is 3.70. The number of nitrogens with zero attached hydrogens (tertiary/aromatic N) is 1. The Morgan fingerprint density at radius 1 is 1.22 bits per heavy atom. The number of nitrogens with two attached hydrogens (primary N) is 1. The molecule has 0 aliphatic carbocycles. The van der Waals surface area contributed by atoms with Gasteiger partial charge in [0.25, 0.3) is 0 Å². The van der Waals surface area contributed by atoms with Gasteiger partial charge >= 0.3 is 0 Å². The summed E-state index contributed by atoms with van der Waals surface area (Å²) in [4.78, 5) is 4.30. The summed E-state index contributed by atoms with van der Waals surface area (Å²) >= 11 is 3.45. The standard InChI is InChI=1S/C17H20BrN3O2/c1-12(23-16-6-4-3-5-15(16)18)11-20-17(19)21-13-7-9-14(22-2)10-8-13/h3-10,12H,11H2,1-2H3,(H3,19,20,21). The highest BCUT2D eigenvalue weighted by Gasteiger charge is 2.06. The molecule has 2 rings (SSSR count). The van der Waals surface area contributed by atoms with Crippen molar-refractivity contribution < 1.29 is 9.47 Å². The third-order valence-electron chi connectivity index (χ3n) is 3.05. The molecule has 1 unspecified atom stereocenters. The van der Waals surface area contributed by atoms with Gasteiger partial charge in [0.1, 0.15) is 17.6 Å². The van der Waals surface area contributed by atoms with Crippen LogP contribution in [0.3, 0.4) is 0 Å². The van der Waals surface area contributed by atoms with Crippen LogP contribution in [0, 0.1) is 0 Å². The lowest BCUT2D eigenvalue weighted by atomic mass is 10.3. The monoisotopic (exact) mass is 377 g/mol. The Balaban J connectivity index is 1.87. The summed E-state index contributed by atoms with van der Waals surface area (Å²) in [5, 5.41) is 3.03. The second kappa shape index (κ2) is 8.43. The minimum Gasteiger partial charge on any atom is -0.497 e. The Morgan fingerprint density at radius 3 is 2.57 bits per heavy atom. The fourth-order valence-electron chi connectivity index (χ4n) is 1.88. The number of guanidine groups is 1. The SMILES string of the molecule is COc1ccc(NC(N)=NCC(C)Oc2ccccc2Br)cc1. The van der Waals surface area contributed by atoms with Crippen LogP contribution in [-0.2, 0) is 0 Å². The summed E-state index contributed by atoms with van der Waals surface area (Å²) in [6, 6.07) is 15.2. The lowest BCUT2D eigenvalue weighted by Crippen LogP contribution is -2.25. The van der Waals surface area contributed by atoms with Gasteiger partial charge in [0, 0.05) is 5.69 Å². The molecular weight excluding hydrogens is 358 g/mol. The van der Waals surface area contributed by atoms with E-state index in [1.165, 1.54) is 0 Å². The van der Waals surface area contributed by atoms with Crippen LogP contribution >= 0.6 is 15.9 Å². The van der Waals surface area contributed by atoms with E-state index in [-0.39, 0.29) is 6.10 Å². The van der Waals surface area contributed by atoms with Gasteiger partial charge in [-0.05, 0) is 59.3 Å². The first-order chi connectivity index (χ1) is 11.1. The molecule has 3 N–H and O–H groups in total. The Morgan fingerprint density at radius 2 is 1.91 bits per heavy atom. The van der Waals surface area contributed by atoms with Gasteiger partial charge in [-0.2, -0.15) is 0 Å². The number of anilines is 1. The van der Waals surface area contributed by atoms with Gasteiger partial charge in [0.05, 0.1) is 18.1 Å².